The first-order valence-electron chi connectivity index (χ1n) is 10.8. The third kappa shape index (κ3) is 3.94. The summed E-state index contributed by atoms with van der Waals surface area (Å²) in [4.78, 5) is 25.2. The molecule has 4 rings (SSSR count). The van der Waals surface area contributed by atoms with Gasteiger partial charge in [-0.3, -0.25) is 4.79 Å². The lowest BCUT2D eigenvalue weighted by Gasteiger charge is -2.18. The van der Waals surface area contributed by atoms with Crippen LogP contribution >= 0.6 is 0 Å². The van der Waals surface area contributed by atoms with E-state index in [9.17, 15) is 18.4 Å². The first kappa shape index (κ1) is 20.8. The van der Waals surface area contributed by atoms with Crippen molar-refractivity contribution in [1.82, 2.24) is 4.57 Å². The van der Waals surface area contributed by atoms with Crippen LogP contribution in [-0.2, 0) is 4.74 Å². The van der Waals surface area contributed by atoms with Crippen molar-refractivity contribution in [3.8, 4) is 5.75 Å². The summed E-state index contributed by atoms with van der Waals surface area (Å²) in [6.45, 7) is 4.23. The summed E-state index contributed by atoms with van der Waals surface area (Å²) in [5.41, 5.74) is -0.629. The number of benzene rings is 1. The molecular formula is C23H27F2NO4. The molecule has 2 aliphatic rings. The number of aromatic nitrogens is 1. The lowest BCUT2D eigenvalue weighted by molar-refractivity contribution is 0.0524. The standard InChI is InChI=1S/C23H27F2NO4/c1-3-29-23(28)17-12-26(15-6-7-15)20-16(21(17)27)11-18(24)19(25)22(20)30-9-8-14-5-4-13(2)10-14/h11-15H,3-10H2,1-2H3/t13-,14-/m0/s1. The van der Waals surface area contributed by atoms with Gasteiger partial charge in [-0.2, -0.15) is 4.39 Å². The second kappa shape index (κ2) is 8.36. The molecule has 0 aliphatic heterocycles. The second-order valence-electron chi connectivity index (χ2n) is 8.55. The minimum atomic E-state index is -1.16. The first-order chi connectivity index (χ1) is 14.4. The number of esters is 1. The average Bonchev–Trinajstić information content (AvgIpc) is 3.47. The van der Waals surface area contributed by atoms with Gasteiger partial charge in [-0.25, -0.2) is 9.18 Å². The Balaban J connectivity index is 1.75. The van der Waals surface area contributed by atoms with E-state index in [0.717, 1.165) is 38.2 Å². The van der Waals surface area contributed by atoms with Crippen LogP contribution in [0.2, 0.25) is 0 Å². The van der Waals surface area contributed by atoms with Crippen molar-refractivity contribution in [2.24, 2.45) is 11.8 Å². The number of fused-ring (bicyclic) bond motifs is 1. The van der Waals surface area contributed by atoms with Crippen LogP contribution in [0.15, 0.2) is 17.1 Å². The van der Waals surface area contributed by atoms with Gasteiger partial charge in [0.25, 0.3) is 0 Å². The summed E-state index contributed by atoms with van der Waals surface area (Å²) in [6, 6.07) is 0.879. The van der Waals surface area contributed by atoms with Crippen LogP contribution in [0.5, 0.6) is 5.75 Å². The molecule has 1 aromatic heterocycles. The molecule has 1 heterocycles. The van der Waals surface area contributed by atoms with Crippen LogP contribution in [0.1, 0.15) is 68.8 Å². The van der Waals surface area contributed by atoms with E-state index in [1.807, 2.05) is 0 Å². The van der Waals surface area contributed by atoms with Crippen LogP contribution in [0.25, 0.3) is 10.9 Å². The monoisotopic (exact) mass is 419 g/mol. The summed E-state index contributed by atoms with van der Waals surface area (Å²) in [5.74, 6) is -2.06. The number of carbonyl (C=O) groups is 1. The molecule has 0 amide bonds. The van der Waals surface area contributed by atoms with E-state index in [0.29, 0.717) is 11.8 Å². The smallest absolute Gasteiger partial charge is 0.343 e. The quantitative estimate of drug-likeness (QED) is 0.593. The molecule has 2 aliphatic carbocycles. The van der Waals surface area contributed by atoms with Crippen molar-refractivity contribution < 1.29 is 23.0 Å². The van der Waals surface area contributed by atoms with Gasteiger partial charge in [-0.1, -0.05) is 19.8 Å². The normalized spacial score (nSPS) is 21.2. The SMILES string of the molecule is CCOC(=O)c1cn(C2CC2)c2c(OCC[C@@H]3CC[C@H](C)C3)c(F)c(F)cc2c1=O. The maximum Gasteiger partial charge on any atom is 0.343 e. The van der Waals surface area contributed by atoms with E-state index in [2.05, 4.69) is 6.92 Å². The summed E-state index contributed by atoms with van der Waals surface area (Å²) in [6.07, 6.45) is 7.24. The van der Waals surface area contributed by atoms with Crippen molar-refractivity contribution >= 4 is 16.9 Å². The number of hydrogen-bond donors (Lipinski definition) is 0. The predicted octanol–water partition coefficient (Wildman–Crippen LogP) is 5.00. The Morgan fingerprint density at radius 3 is 2.63 bits per heavy atom. The third-order valence-corrected chi connectivity index (χ3v) is 6.18. The van der Waals surface area contributed by atoms with Crippen molar-refractivity contribution in [3.05, 3.63) is 39.7 Å². The molecule has 1 aromatic carbocycles. The fourth-order valence-corrected chi connectivity index (χ4v) is 4.47. The Kier molecular flexibility index (Phi) is 5.80. The average molecular weight is 419 g/mol. The molecule has 30 heavy (non-hydrogen) atoms. The van der Waals surface area contributed by atoms with Gasteiger partial charge in [0.05, 0.1) is 24.1 Å². The molecule has 2 atom stereocenters. The van der Waals surface area contributed by atoms with E-state index < -0.39 is 23.0 Å². The number of halogens is 2. The molecule has 0 unspecified atom stereocenters. The van der Waals surface area contributed by atoms with Crippen LogP contribution in [0.3, 0.4) is 0 Å². The van der Waals surface area contributed by atoms with E-state index in [4.69, 9.17) is 9.47 Å². The van der Waals surface area contributed by atoms with Crippen molar-refractivity contribution in [2.45, 2.75) is 58.4 Å². The van der Waals surface area contributed by atoms with E-state index >= 15 is 0 Å². The predicted molar refractivity (Wildman–Crippen MR) is 109 cm³/mol. The highest BCUT2D eigenvalue weighted by molar-refractivity contribution is 5.95. The van der Waals surface area contributed by atoms with Crippen molar-refractivity contribution in [2.75, 3.05) is 13.2 Å². The van der Waals surface area contributed by atoms with Gasteiger partial charge in [0.2, 0.25) is 11.2 Å². The summed E-state index contributed by atoms with van der Waals surface area (Å²) < 4.78 is 41.6. The zero-order valence-electron chi connectivity index (χ0n) is 17.4. The fraction of sp³-hybridized carbons (Fsp3) is 0.565. The molecule has 0 saturated heterocycles. The fourth-order valence-electron chi connectivity index (χ4n) is 4.47. The minimum Gasteiger partial charge on any atom is -0.488 e. The molecule has 0 N–H and O–H groups in total. The first-order valence-corrected chi connectivity index (χ1v) is 10.8. The van der Waals surface area contributed by atoms with Gasteiger partial charge in [0, 0.05) is 12.2 Å². The number of rotatable bonds is 7. The van der Waals surface area contributed by atoms with Gasteiger partial charge in [0.15, 0.2) is 11.6 Å². The zero-order chi connectivity index (χ0) is 21.4. The molecule has 2 aromatic rings. The molecule has 0 radical (unpaired) electrons. The zero-order valence-corrected chi connectivity index (χ0v) is 17.4. The maximum atomic E-state index is 14.8. The topological polar surface area (TPSA) is 57.5 Å². The molecular weight excluding hydrogens is 392 g/mol. The number of pyridine rings is 1. The van der Waals surface area contributed by atoms with Gasteiger partial charge >= 0.3 is 5.97 Å². The molecule has 0 bridgehead atoms. The summed E-state index contributed by atoms with van der Waals surface area (Å²) in [5, 5.41) is -0.0594. The minimum absolute atomic E-state index is 0.0177. The Bertz CT molecular complexity index is 1030. The van der Waals surface area contributed by atoms with Crippen LogP contribution in [0, 0.1) is 23.5 Å². The molecule has 2 saturated carbocycles. The van der Waals surface area contributed by atoms with Crippen molar-refractivity contribution in [3.63, 3.8) is 0 Å². The lowest BCUT2D eigenvalue weighted by Crippen LogP contribution is -2.22. The third-order valence-electron chi connectivity index (χ3n) is 6.18. The van der Waals surface area contributed by atoms with Crippen LogP contribution < -0.4 is 10.2 Å². The molecule has 5 nitrogen and oxygen atoms in total. The van der Waals surface area contributed by atoms with Gasteiger partial charge in [0.1, 0.15) is 5.56 Å². The summed E-state index contributed by atoms with van der Waals surface area (Å²) in [7, 11) is 0. The lowest BCUT2D eigenvalue weighted by atomic mass is 10.0. The highest BCUT2D eigenvalue weighted by Crippen LogP contribution is 2.41. The summed E-state index contributed by atoms with van der Waals surface area (Å²) >= 11 is 0. The van der Waals surface area contributed by atoms with Crippen molar-refractivity contribution in [1.29, 1.82) is 0 Å². The van der Waals surface area contributed by atoms with E-state index in [1.54, 1.807) is 11.5 Å². The van der Waals surface area contributed by atoms with E-state index in [-0.39, 0.29) is 41.5 Å². The molecule has 7 heteroatoms. The Morgan fingerprint density at radius 1 is 1.23 bits per heavy atom. The highest BCUT2D eigenvalue weighted by atomic mass is 19.2. The second-order valence-corrected chi connectivity index (χ2v) is 8.55. The number of ether oxygens (including phenoxy) is 2. The maximum absolute atomic E-state index is 14.8. The molecule has 2 fully saturated rings. The number of hydrogen-bond acceptors (Lipinski definition) is 4. The Hall–Kier alpha value is -2.44. The number of carbonyl (C=O) groups excluding carboxylic acids is 1. The van der Waals surface area contributed by atoms with Crippen LogP contribution in [-0.4, -0.2) is 23.8 Å². The Labute approximate surface area is 174 Å². The van der Waals surface area contributed by atoms with E-state index in [1.165, 1.54) is 12.6 Å². The highest BCUT2D eigenvalue weighted by Gasteiger charge is 2.31. The molecule has 0 spiro atoms. The molecule has 162 valence electrons. The van der Waals surface area contributed by atoms with Gasteiger partial charge < -0.3 is 14.0 Å². The largest absolute Gasteiger partial charge is 0.488 e. The van der Waals surface area contributed by atoms with Crippen LogP contribution in [0.4, 0.5) is 8.78 Å². The van der Waals surface area contributed by atoms with Gasteiger partial charge in [-0.15, -0.1) is 0 Å². The van der Waals surface area contributed by atoms with Gasteiger partial charge in [-0.05, 0) is 50.5 Å². The Morgan fingerprint density at radius 2 is 2.00 bits per heavy atom. The number of nitrogens with zero attached hydrogens (tertiary/aromatic N) is 1.